The SMILES string of the molecule is CC(=O)OC(C(=O)N(Cc1cc2c(cc1C)C(C)(C)CCC2(C)C)CC1CCC(CN=C(N)N)CC1)c1ccccc1.CC(=O)O[C@@H](C)C(=O)N(Cc1cc2c(cc1C)C(C)(C)CCC2(C)C)CC1CCC(CN=C(N)N)CC1.Cc1cc2c(cc1CN(CC1CCC(CN=C(N)N)CC1)C(=O)c1cnn(-c3ccccc3)c1C(F)(F)F)C(C)(C)CCC2(C)C. The van der Waals surface area contributed by atoms with Crippen LogP contribution in [-0.2, 0) is 87.0 Å². The maximum atomic E-state index is 14.7. The number of hydrogen-bond donors (Lipinski definition) is 6. The fourth-order valence-electron chi connectivity index (χ4n) is 20.0. The number of esters is 2. The first-order valence-electron chi connectivity index (χ1n) is 45.6. The first-order valence-corrected chi connectivity index (χ1v) is 45.6. The summed E-state index contributed by atoms with van der Waals surface area (Å²) in [7, 11) is 0. The molecule has 3 saturated carbocycles. The normalized spacial score (nSPS) is 21.5. The summed E-state index contributed by atoms with van der Waals surface area (Å²) in [6, 6.07) is 31.3. The Morgan fingerprint density at radius 3 is 1.06 bits per heavy atom. The third-order valence-electron chi connectivity index (χ3n) is 28.4. The van der Waals surface area contributed by atoms with Gasteiger partial charge in [-0.2, -0.15) is 18.3 Å². The van der Waals surface area contributed by atoms with Gasteiger partial charge in [0.05, 0.1) is 17.4 Å². The van der Waals surface area contributed by atoms with Gasteiger partial charge in [-0.05, 0) is 290 Å². The molecule has 12 N–H and O–H groups in total. The molecule has 6 aliphatic rings. The van der Waals surface area contributed by atoms with Gasteiger partial charge in [-0.15, -0.1) is 0 Å². The van der Waals surface area contributed by atoms with Crippen LogP contribution in [0.2, 0.25) is 0 Å². The highest BCUT2D eigenvalue weighted by molar-refractivity contribution is 5.95. The highest BCUT2D eigenvalue weighted by Gasteiger charge is 2.45. The molecular weight excluding hydrogens is 1580 g/mol. The second-order valence-corrected chi connectivity index (χ2v) is 41.2. The minimum absolute atomic E-state index is 0.0224. The molecule has 2 atom stereocenters. The third-order valence-corrected chi connectivity index (χ3v) is 28.4. The van der Waals surface area contributed by atoms with E-state index >= 15 is 0 Å². The Morgan fingerprint density at radius 1 is 0.440 bits per heavy atom. The summed E-state index contributed by atoms with van der Waals surface area (Å²) in [5, 5.41) is 4.08. The van der Waals surface area contributed by atoms with Gasteiger partial charge in [0.15, 0.2) is 29.7 Å². The quantitative estimate of drug-likeness (QED) is 0.0176. The minimum Gasteiger partial charge on any atom is -0.453 e. The number of halogens is 3. The number of aromatic nitrogens is 2. The van der Waals surface area contributed by atoms with Gasteiger partial charge in [-0.1, -0.05) is 168 Å². The van der Waals surface area contributed by atoms with Crippen LogP contribution >= 0.6 is 0 Å². The van der Waals surface area contributed by atoms with Crippen LogP contribution in [0, 0.1) is 56.3 Å². The number of carbonyl (C=O) groups excluding carboxylic acids is 5. The topological polar surface area (TPSA) is 325 Å². The Balaban J connectivity index is 0.000000197. The second-order valence-electron chi connectivity index (χ2n) is 41.2. The van der Waals surface area contributed by atoms with Gasteiger partial charge in [0, 0.05) is 78.3 Å². The number of nitrogens with zero attached hydrogens (tertiary/aromatic N) is 8. The highest BCUT2D eigenvalue weighted by atomic mass is 19.4. The number of fused-ring (bicyclic) bond motifs is 3. The van der Waals surface area contributed by atoms with Crippen molar-refractivity contribution in [3.63, 3.8) is 0 Å². The molecule has 125 heavy (non-hydrogen) atoms. The maximum Gasteiger partial charge on any atom is 0.434 e. The average molecular weight is 1720 g/mol. The number of para-hydroxylation sites is 1. The molecule has 12 rings (SSSR count). The molecule has 682 valence electrons. The summed E-state index contributed by atoms with van der Waals surface area (Å²) in [6.07, 6.45) is 12.9. The van der Waals surface area contributed by atoms with Gasteiger partial charge < -0.3 is 58.6 Å². The number of rotatable bonds is 25. The molecule has 0 bridgehead atoms. The van der Waals surface area contributed by atoms with Crippen LogP contribution in [-0.4, -0.2) is 117 Å². The predicted molar refractivity (Wildman–Crippen MR) is 494 cm³/mol. The molecule has 1 heterocycles. The predicted octanol–water partition coefficient (Wildman–Crippen LogP) is 18.0. The number of hydrogen-bond acceptors (Lipinski definition) is 11. The van der Waals surface area contributed by atoms with E-state index < -0.39 is 47.5 Å². The van der Waals surface area contributed by atoms with Crippen molar-refractivity contribution >= 4 is 47.5 Å². The lowest BCUT2D eigenvalue weighted by Crippen LogP contribution is -2.43. The number of alkyl halides is 3. The van der Waals surface area contributed by atoms with Crippen LogP contribution in [0.25, 0.3) is 5.69 Å². The van der Waals surface area contributed by atoms with E-state index in [9.17, 15) is 37.1 Å². The van der Waals surface area contributed by atoms with Crippen molar-refractivity contribution in [2.75, 3.05) is 39.3 Å². The number of benzene rings is 5. The van der Waals surface area contributed by atoms with E-state index in [1.165, 1.54) is 70.3 Å². The van der Waals surface area contributed by atoms with E-state index in [1.54, 1.807) is 42.2 Å². The van der Waals surface area contributed by atoms with Crippen LogP contribution < -0.4 is 34.4 Å². The number of aliphatic imine (C=N–C) groups is 3. The van der Waals surface area contributed by atoms with Crippen molar-refractivity contribution in [1.82, 2.24) is 24.5 Å². The fourth-order valence-corrected chi connectivity index (χ4v) is 20.0. The number of ether oxygens (including phenoxy) is 2. The van der Waals surface area contributed by atoms with Crippen LogP contribution in [0.3, 0.4) is 0 Å². The summed E-state index contributed by atoms with van der Waals surface area (Å²) in [6.45, 7) is 43.1. The van der Waals surface area contributed by atoms with E-state index in [2.05, 4.69) is 153 Å². The van der Waals surface area contributed by atoms with Gasteiger partial charge in [0.2, 0.25) is 6.10 Å². The molecule has 3 fully saturated rings. The fraction of sp³-hybridized carbons (Fsp3) is 0.594. The molecule has 0 spiro atoms. The van der Waals surface area contributed by atoms with Gasteiger partial charge >= 0.3 is 18.1 Å². The van der Waals surface area contributed by atoms with Crippen molar-refractivity contribution in [2.45, 2.75) is 311 Å². The van der Waals surface area contributed by atoms with E-state index in [4.69, 9.17) is 43.9 Å². The Morgan fingerprint density at radius 2 is 0.736 bits per heavy atom. The summed E-state index contributed by atoms with van der Waals surface area (Å²) < 4.78 is 55.8. The van der Waals surface area contributed by atoms with Crippen molar-refractivity contribution in [3.8, 4) is 5.69 Å². The molecule has 6 aromatic rings. The standard InChI is InChI=1S/C36H47F3N6O.C35H50N4O3.C30H48N4O3/c1-23-17-29-30(35(4,5)16-15-34(29,2)3)18-26(23)22-44(21-25-13-11-24(12-14-25)19-42-33(40)41)32(46)28-20-43-45(31(28)36(37,38)39)27-9-7-6-8-10-27;1-23-18-29-30(35(5,6)17-16-34(29,3)4)19-28(23)22-39(21-26-14-12-25(13-15-26)20-38-33(36)37)32(41)31(42-24(2)40)27-10-8-7-9-11-27;1-19-14-25-26(30(6,7)13-12-29(25,4)5)15-24(19)18-34(27(36)20(2)37-21(3)35)17-23-10-8-22(9-11-23)16-33-28(31)32/h6-10,17-18,20,24-25H,11-16,19,21-22H2,1-5H3,(H4,40,41,42);7-11,18-19,25-26,31H,12-17,20-22H2,1-6H3,(H4,36,37,38);14-15,20,22-23H,8-13,16-18H2,1-7H3,(H4,31,32,33)/t;;20-,22?,23?/m..0/s1. The molecule has 1 unspecified atom stereocenters. The van der Waals surface area contributed by atoms with Crippen LogP contribution in [0.15, 0.2) is 118 Å². The van der Waals surface area contributed by atoms with Gasteiger partial charge in [0.25, 0.3) is 17.7 Å². The molecule has 1 aromatic heterocycles. The summed E-state index contributed by atoms with van der Waals surface area (Å²) in [5.41, 5.74) is 48.0. The molecule has 0 aliphatic heterocycles. The molecule has 6 aliphatic carbocycles. The molecule has 3 amide bonds. The lowest BCUT2D eigenvalue weighted by molar-refractivity contribution is -0.160. The monoisotopic (exact) mass is 1720 g/mol. The summed E-state index contributed by atoms with van der Waals surface area (Å²) in [5.74, 6) is 0.674. The Labute approximate surface area is 742 Å². The lowest BCUT2D eigenvalue weighted by atomic mass is 9.62. The number of aryl methyl sites for hydroxylation is 3. The highest BCUT2D eigenvalue weighted by Crippen LogP contribution is 2.51. The summed E-state index contributed by atoms with van der Waals surface area (Å²) >= 11 is 0. The smallest absolute Gasteiger partial charge is 0.434 e. The minimum atomic E-state index is -4.79. The molecule has 5 aromatic carbocycles. The third kappa shape index (κ3) is 25.2. The van der Waals surface area contributed by atoms with Crippen molar-refractivity contribution in [1.29, 1.82) is 0 Å². The van der Waals surface area contributed by atoms with Crippen molar-refractivity contribution in [2.24, 2.45) is 84.9 Å². The number of guanidine groups is 3. The molecular formula is C101H145F3N14O7. The maximum absolute atomic E-state index is 14.7. The van der Waals surface area contributed by atoms with Crippen LogP contribution in [0.1, 0.15) is 314 Å². The Bertz CT molecular complexity index is 4840. The van der Waals surface area contributed by atoms with Crippen molar-refractivity contribution < 1.29 is 46.6 Å². The Hall–Kier alpha value is -9.74. The van der Waals surface area contributed by atoms with E-state index in [0.717, 1.165) is 137 Å². The number of amides is 3. The average Bonchev–Trinajstić information content (AvgIpc) is 1.45. The first kappa shape index (κ1) is 97.5. The lowest BCUT2D eigenvalue weighted by Gasteiger charge is -2.42. The van der Waals surface area contributed by atoms with Gasteiger partial charge in [-0.3, -0.25) is 38.9 Å². The zero-order valence-electron chi connectivity index (χ0n) is 78.1. The van der Waals surface area contributed by atoms with Crippen LogP contribution in [0.5, 0.6) is 0 Å². The number of carbonyl (C=O) groups is 5. The van der Waals surface area contributed by atoms with Crippen LogP contribution in [0.4, 0.5) is 13.2 Å². The van der Waals surface area contributed by atoms with Gasteiger partial charge in [-0.25, -0.2) is 4.68 Å². The molecule has 0 radical (unpaired) electrons. The van der Waals surface area contributed by atoms with Gasteiger partial charge in [0.1, 0.15) is 0 Å². The molecule has 24 heteroatoms. The first-order chi connectivity index (χ1) is 58.5. The zero-order valence-corrected chi connectivity index (χ0v) is 78.1. The summed E-state index contributed by atoms with van der Waals surface area (Å²) in [4.78, 5) is 84.1. The Kier molecular flexibility index (Phi) is 31.6. The molecule has 0 saturated heterocycles. The van der Waals surface area contributed by atoms with E-state index in [-0.39, 0.29) is 80.3 Å². The van der Waals surface area contributed by atoms with E-state index in [1.807, 2.05) is 47.1 Å². The molecule has 21 nitrogen and oxygen atoms in total. The van der Waals surface area contributed by atoms with Crippen molar-refractivity contribution in [3.05, 3.63) is 187 Å². The second kappa shape index (κ2) is 40.5. The largest absolute Gasteiger partial charge is 0.453 e. The van der Waals surface area contributed by atoms with E-state index in [0.29, 0.717) is 87.5 Å². The zero-order chi connectivity index (χ0) is 91.6. The number of nitrogens with two attached hydrogens (primary N) is 6.